The van der Waals surface area contributed by atoms with E-state index in [1.807, 2.05) is 49.4 Å². The third-order valence-electron chi connectivity index (χ3n) is 2.89. The molecule has 0 aliphatic rings. The number of benzene rings is 1. The van der Waals surface area contributed by atoms with Gasteiger partial charge in [0.25, 0.3) is 5.91 Å². The van der Waals surface area contributed by atoms with E-state index in [4.69, 9.17) is 4.52 Å². The van der Waals surface area contributed by atoms with Gasteiger partial charge in [0.05, 0.1) is 0 Å². The van der Waals surface area contributed by atoms with E-state index in [0.717, 1.165) is 12.0 Å². The second-order valence-electron chi connectivity index (χ2n) is 4.59. The lowest BCUT2D eigenvalue weighted by Gasteiger charge is -2.13. The van der Waals surface area contributed by atoms with Crippen LogP contribution < -0.4 is 0 Å². The molecule has 4 heteroatoms. The predicted octanol–water partition coefficient (Wildman–Crippen LogP) is 3.33. The van der Waals surface area contributed by atoms with Crippen molar-refractivity contribution in [3.63, 3.8) is 0 Å². The highest BCUT2D eigenvalue weighted by Gasteiger charge is 2.15. The van der Waals surface area contributed by atoms with Crippen molar-refractivity contribution in [2.24, 2.45) is 0 Å². The van der Waals surface area contributed by atoms with E-state index < -0.39 is 0 Å². The lowest BCUT2D eigenvalue weighted by Crippen LogP contribution is -2.26. The molecule has 0 unspecified atom stereocenters. The molecule has 2 aromatic rings. The van der Waals surface area contributed by atoms with Gasteiger partial charge in [0.1, 0.15) is 5.69 Å². The van der Waals surface area contributed by atoms with Gasteiger partial charge in [-0.05, 0) is 18.1 Å². The molecule has 2 rings (SSSR count). The van der Waals surface area contributed by atoms with Crippen LogP contribution in [-0.4, -0.2) is 29.6 Å². The van der Waals surface area contributed by atoms with Crippen molar-refractivity contribution in [1.82, 2.24) is 10.1 Å². The third kappa shape index (κ3) is 3.57. The number of carbonyl (C=O) groups is 1. The lowest BCUT2D eigenvalue weighted by atomic mass is 10.2. The average Bonchev–Trinajstić information content (AvgIpc) is 2.94. The minimum atomic E-state index is -0.140. The van der Waals surface area contributed by atoms with E-state index in [0.29, 0.717) is 12.2 Å². The summed E-state index contributed by atoms with van der Waals surface area (Å²) in [6.45, 7) is 2.73. The smallest absolute Gasteiger partial charge is 0.292 e. The van der Waals surface area contributed by atoms with Crippen LogP contribution in [0.25, 0.3) is 12.2 Å². The molecule has 20 heavy (non-hydrogen) atoms. The van der Waals surface area contributed by atoms with Crippen LogP contribution in [0.15, 0.2) is 40.9 Å². The SMILES string of the molecule is CCCN(C)C(=O)c1cc(/C=C/c2ccccc2)no1. The summed E-state index contributed by atoms with van der Waals surface area (Å²) in [5.41, 5.74) is 1.72. The van der Waals surface area contributed by atoms with Gasteiger partial charge >= 0.3 is 0 Å². The summed E-state index contributed by atoms with van der Waals surface area (Å²) < 4.78 is 5.09. The molecule has 1 aromatic carbocycles. The Bertz CT molecular complexity index is 588. The van der Waals surface area contributed by atoms with E-state index in [2.05, 4.69) is 5.16 Å². The molecule has 1 aromatic heterocycles. The Kier molecular flexibility index (Phi) is 4.71. The normalized spacial score (nSPS) is 10.9. The minimum Gasteiger partial charge on any atom is -0.350 e. The van der Waals surface area contributed by atoms with E-state index in [-0.39, 0.29) is 11.7 Å². The van der Waals surface area contributed by atoms with Crippen LogP contribution in [-0.2, 0) is 0 Å². The first-order valence-corrected chi connectivity index (χ1v) is 6.66. The van der Waals surface area contributed by atoms with Gasteiger partial charge in [-0.2, -0.15) is 0 Å². The van der Waals surface area contributed by atoms with Gasteiger partial charge < -0.3 is 9.42 Å². The Balaban J connectivity index is 2.06. The molecule has 0 spiro atoms. The zero-order valence-corrected chi connectivity index (χ0v) is 11.7. The first-order valence-electron chi connectivity index (χ1n) is 6.66. The van der Waals surface area contributed by atoms with Crippen molar-refractivity contribution < 1.29 is 9.32 Å². The molecule has 4 nitrogen and oxygen atoms in total. The van der Waals surface area contributed by atoms with Crippen molar-refractivity contribution in [2.75, 3.05) is 13.6 Å². The molecule has 1 amide bonds. The Hall–Kier alpha value is -2.36. The van der Waals surface area contributed by atoms with E-state index in [9.17, 15) is 4.79 Å². The number of hydrogen-bond acceptors (Lipinski definition) is 3. The molecule has 104 valence electrons. The maximum Gasteiger partial charge on any atom is 0.292 e. The Morgan fingerprint density at radius 1 is 1.30 bits per heavy atom. The summed E-state index contributed by atoms with van der Waals surface area (Å²) in [6.07, 6.45) is 4.68. The topological polar surface area (TPSA) is 46.3 Å². The number of rotatable bonds is 5. The highest BCUT2D eigenvalue weighted by atomic mass is 16.5. The Morgan fingerprint density at radius 3 is 2.75 bits per heavy atom. The number of hydrogen-bond donors (Lipinski definition) is 0. The molecule has 0 saturated carbocycles. The van der Waals surface area contributed by atoms with Gasteiger partial charge in [0, 0.05) is 19.7 Å². The molecular formula is C16H18N2O2. The van der Waals surface area contributed by atoms with Crippen LogP contribution in [0.1, 0.15) is 35.2 Å². The van der Waals surface area contributed by atoms with Crippen molar-refractivity contribution in [1.29, 1.82) is 0 Å². The largest absolute Gasteiger partial charge is 0.350 e. The standard InChI is InChI=1S/C16H18N2O2/c1-3-11-18(2)16(19)15-12-14(17-20-15)10-9-13-7-5-4-6-8-13/h4-10,12H,3,11H2,1-2H3/b10-9+. The van der Waals surface area contributed by atoms with Crippen molar-refractivity contribution in [3.05, 3.63) is 53.4 Å². The number of amides is 1. The second kappa shape index (κ2) is 6.70. The number of nitrogens with zero attached hydrogens (tertiary/aromatic N) is 2. The summed E-state index contributed by atoms with van der Waals surface area (Å²) in [5.74, 6) is 0.132. The van der Waals surface area contributed by atoms with Crippen molar-refractivity contribution in [3.8, 4) is 0 Å². The van der Waals surface area contributed by atoms with Gasteiger partial charge in [-0.15, -0.1) is 0 Å². The van der Waals surface area contributed by atoms with Crippen molar-refractivity contribution >= 4 is 18.1 Å². The highest BCUT2D eigenvalue weighted by Crippen LogP contribution is 2.11. The number of aromatic nitrogens is 1. The molecule has 0 saturated heterocycles. The van der Waals surface area contributed by atoms with Crippen LogP contribution in [0, 0.1) is 0 Å². The Morgan fingerprint density at radius 2 is 2.05 bits per heavy atom. The summed E-state index contributed by atoms with van der Waals surface area (Å²) in [5, 5.41) is 3.89. The summed E-state index contributed by atoms with van der Waals surface area (Å²) >= 11 is 0. The fourth-order valence-corrected chi connectivity index (χ4v) is 1.84. The zero-order chi connectivity index (χ0) is 14.4. The van der Waals surface area contributed by atoms with Crippen LogP contribution >= 0.6 is 0 Å². The summed E-state index contributed by atoms with van der Waals surface area (Å²) in [6, 6.07) is 11.6. The van der Waals surface area contributed by atoms with Crippen LogP contribution in [0.3, 0.4) is 0 Å². The lowest BCUT2D eigenvalue weighted by molar-refractivity contribution is 0.0754. The Labute approximate surface area is 118 Å². The first kappa shape index (κ1) is 14.1. The van der Waals surface area contributed by atoms with Gasteiger partial charge in [-0.3, -0.25) is 4.79 Å². The van der Waals surface area contributed by atoms with Crippen LogP contribution in [0.2, 0.25) is 0 Å². The molecule has 0 atom stereocenters. The van der Waals surface area contributed by atoms with Gasteiger partial charge in [0.15, 0.2) is 0 Å². The number of carbonyl (C=O) groups excluding carboxylic acids is 1. The molecule has 0 aliphatic carbocycles. The summed E-state index contributed by atoms with van der Waals surface area (Å²) in [7, 11) is 1.76. The highest BCUT2D eigenvalue weighted by molar-refractivity contribution is 5.91. The van der Waals surface area contributed by atoms with Crippen LogP contribution in [0.5, 0.6) is 0 Å². The molecule has 0 bridgehead atoms. The molecule has 0 radical (unpaired) electrons. The zero-order valence-electron chi connectivity index (χ0n) is 11.7. The molecule has 0 aliphatic heterocycles. The molecule has 0 fully saturated rings. The van der Waals surface area contributed by atoms with E-state index in [1.54, 1.807) is 18.0 Å². The maximum atomic E-state index is 12.0. The average molecular weight is 270 g/mol. The summed E-state index contributed by atoms with van der Waals surface area (Å²) in [4.78, 5) is 13.6. The second-order valence-corrected chi connectivity index (χ2v) is 4.59. The van der Waals surface area contributed by atoms with Gasteiger partial charge in [-0.25, -0.2) is 0 Å². The monoisotopic (exact) mass is 270 g/mol. The molecular weight excluding hydrogens is 252 g/mol. The van der Waals surface area contributed by atoms with Gasteiger partial charge in [-0.1, -0.05) is 48.5 Å². The fourth-order valence-electron chi connectivity index (χ4n) is 1.84. The quantitative estimate of drug-likeness (QED) is 0.837. The van der Waals surface area contributed by atoms with E-state index in [1.165, 1.54) is 0 Å². The van der Waals surface area contributed by atoms with Crippen molar-refractivity contribution in [2.45, 2.75) is 13.3 Å². The van der Waals surface area contributed by atoms with Crippen LogP contribution in [0.4, 0.5) is 0 Å². The molecule has 1 heterocycles. The minimum absolute atomic E-state index is 0.140. The molecule has 0 N–H and O–H groups in total. The van der Waals surface area contributed by atoms with E-state index >= 15 is 0 Å². The predicted molar refractivity (Wildman–Crippen MR) is 79.1 cm³/mol. The fraction of sp³-hybridized carbons (Fsp3) is 0.250. The van der Waals surface area contributed by atoms with Gasteiger partial charge in [0.2, 0.25) is 5.76 Å². The first-order chi connectivity index (χ1) is 9.70. The maximum absolute atomic E-state index is 12.0. The third-order valence-corrected chi connectivity index (χ3v) is 2.89.